The van der Waals surface area contributed by atoms with Gasteiger partial charge in [-0.3, -0.25) is 14.8 Å². The molecular formula is C21H22N2O3. The Morgan fingerprint density at radius 1 is 1.19 bits per heavy atom. The Labute approximate surface area is 152 Å². The number of hydroxylamine groups is 1. The molecule has 0 radical (unpaired) electrons. The Morgan fingerprint density at radius 2 is 2.00 bits per heavy atom. The van der Waals surface area contributed by atoms with Crippen LogP contribution in [0.3, 0.4) is 0 Å². The summed E-state index contributed by atoms with van der Waals surface area (Å²) in [4.78, 5) is 27.2. The molecule has 0 bridgehead atoms. The molecule has 1 spiro atoms. The van der Waals surface area contributed by atoms with Crippen LogP contribution in [-0.4, -0.2) is 23.6 Å². The van der Waals surface area contributed by atoms with Gasteiger partial charge >= 0.3 is 0 Å². The predicted octanol–water partition coefficient (Wildman–Crippen LogP) is 3.03. The van der Waals surface area contributed by atoms with E-state index in [1.807, 2.05) is 48.2 Å². The zero-order valence-electron chi connectivity index (χ0n) is 14.8. The second-order valence-electron chi connectivity index (χ2n) is 7.39. The van der Waals surface area contributed by atoms with Crippen LogP contribution in [-0.2, 0) is 17.6 Å². The first-order valence-electron chi connectivity index (χ1n) is 8.98. The lowest BCUT2D eigenvalue weighted by atomic mass is 9.69. The lowest BCUT2D eigenvalue weighted by molar-refractivity contribution is -0.126. The Bertz CT molecular complexity index is 893. The molecule has 2 aromatic carbocycles. The molecule has 0 saturated carbocycles. The van der Waals surface area contributed by atoms with Crippen molar-refractivity contribution in [3.8, 4) is 0 Å². The van der Waals surface area contributed by atoms with E-state index in [1.54, 1.807) is 11.5 Å². The minimum Gasteiger partial charge on any atom is -0.312 e. The average molecular weight is 350 g/mol. The summed E-state index contributed by atoms with van der Waals surface area (Å²) >= 11 is 0. The Balaban J connectivity index is 1.68. The maximum atomic E-state index is 13.3. The topological polar surface area (TPSA) is 69.6 Å². The van der Waals surface area contributed by atoms with Crippen LogP contribution in [0.2, 0.25) is 0 Å². The minimum absolute atomic E-state index is 0.146. The molecule has 1 unspecified atom stereocenters. The number of hydrogen-bond donors (Lipinski definition) is 2. The monoisotopic (exact) mass is 350 g/mol. The first-order valence-corrected chi connectivity index (χ1v) is 8.98. The van der Waals surface area contributed by atoms with E-state index < -0.39 is 11.3 Å². The number of fused-ring (bicyclic) bond motifs is 1. The first-order chi connectivity index (χ1) is 12.5. The molecule has 5 heteroatoms. The fourth-order valence-electron chi connectivity index (χ4n) is 4.41. The van der Waals surface area contributed by atoms with E-state index in [0.717, 1.165) is 41.6 Å². The number of amides is 2. The summed E-state index contributed by atoms with van der Waals surface area (Å²) in [7, 11) is 0. The van der Waals surface area contributed by atoms with Crippen molar-refractivity contribution in [1.29, 1.82) is 0 Å². The molecule has 26 heavy (non-hydrogen) atoms. The molecule has 134 valence electrons. The Kier molecular flexibility index (Phi) is 4.04. The molecule has 1 atom stereocenters. The van der Waals surface area contributed by atoms with E-state index in [1.165, 1.54) is 0 Å². The highest BCUT2D eigenvalue weighted by Gasteiger charge is 2.49. The zero-order valence-corrected chi connectivity index (χ0v) is 14.8. The number of carbonyl (C=O) groups is 2. The van der Waals surface area contributed by atoms with E-state index in [4.69, 9.17) is 5.21 Å². The van der Waals surface area contributed by atoms with Crippen LogP contribution in [0, 0.1) is 12.3 Å². The van der Waals surface area contributed by atoms with Gasteiger partial charge in [0.2, 0.25) is 5.91 Å². The normalized spacial score (nSPS) is 21.8. The summed E-state index contributed by atoms with van der Waals surface area (Å²) in [5, 5.41) is 9.04. The van der Waals surface area contributed by atoms with Crippen molar-refractivity contribution < 1.29 is 14.8 Å². The summed E-state index contributed by atoms with van der Waals surface area (Å²) in [5.74, 6) is -0.368. The quantitative estimate of drug-likeness (QED) is 0.646. The van der Waals surface area contributed by atoms with Gasteiger partial charge in [0, 0.05) is 17.8 Å². The van der Waals surface area contributed by atoms with Crippen LogP contribution in [0.5, 0.6) is 0 Å². The highest BCUT2D eigenvalue weighted by atomic mass is 16.5. The van der Waals surface area contributed by atoms with Crippen LogP contribution >= 0.6 is 0 Å². The van der Waals surface area contributed by atoms with Crippen molar-refractivity contribution in [1.82, 2.24) is 5.48 Å². The summed E-state index contributed by atoms with van der Waals surface area (Å²) < 4.78 is 0. The van der Waals surface area contributed by atoms with E-state index in [-0.39, 0.29) is 5.91 Å². The van der Waals surface area contributed by atoms with Gasteiger partial charge in [0.1, 0.15) is 0 Å². The van der Waals surface area contributed by atoms with Crippen LogP contribution < -0.4 is 10.4 Å². The number of carbonyl (C=O) groups excluding carboxylic acids is 2. The van der Waals surface area contributed by atoms with Crippen molar-refractivity contribution in [2.75, 3.05) is 11.4 Å². The van der Waals surface area contributed by atoms with Gasteiger partial charge < -0.3 is 4.90 Å². The molecule has 1 heterocycles. The molecule has 1 aliphatic heterocycles. The molecule has 5 nitrogen and oxygen atoms in total. The van der Waals surface area contributed by atoms with Crippen LogP contribution in [0.25, 0.3) is 0 Å². The summed E-state index contributed by atoms with van der Waals surface area (Å²) in [5.41, 5.74) is 5.80. The highest BCUT2D eigenvalue weighted by molar-refractivity contribution is 6.01. The second-order valence-corrected chi connectivity index (χ2v) is 7.39. The molecule has 2 aromatic rings. The van der Waals surface area contributed by atoms with E-state index in [2.05, 4.69) is 0 Å². The highest BCUT2D eigenvalue weighted by Crippen LogP contribution is 2.45. The average Bonchev–Trinajstić information content (AvgIpc) is 2.96. The SMILES string of the molecule is Cc1cccc(N2CCC3(CCc4cccc(C(=O)NO)c4C3)C2=O)c1. The van der Waals surface area contributed by atoms with Gasteiger partial charge in [0.25, 0.3) is 5.91 Å². The first kappa shape index (κ1) is 16.8. The third-order valence-electron chi connectivity index (χ3n) is 5.83. The molecule has 1 saturated heterocycles. The second kappa shape index (κ2) is 6.25. The number of nitrogens with one attached hydrogen (secondary N) is 1. The van der Waals surface area contributed by atoms with Crippen LogP contribution in [0.15, 0.2) is 42.5 Å². The van der Waals surface area contributed by atoms with Crippen molar-refractivity contribution in [3.63, 3.8) is 0 Å². The van der Waals surface area contributed by atoms with Gasteiger partial charge in [-0.05, 0) is 67.5 Å². The molecule has 4 rings (SSSR count). The fraction of sp³-hybridized carbons (Fsp3) is 0.333. The number of nitrogens with zero attached hydrogens (tertiary/aromatic N) is 1. The van der Waals surface area contributed by atoms with Gasteiger partial charge in [0.15, 0.2) is 0 Å². The van der Waals surface area contributed by atoms with Crippen molar-refractivity contribution in [3.05, 3.63) is 64.7 Å². The van der Waals surface area contributed by atoms with Crippen molar-refractivity contribution in [2.45, 2.75) is 32.6 Å². The third kappa shape index (κ3) is 2.59. The molecule has 0 aromatic heterocycles. The number of anilines is 1. The van der Waals surface area contributed by atoms with Crippen LogP contribution in [0.1, 0.15) is 39.9 Å². The van der Waals surface area contributed by atoms with Gasteiger partial charge in [-0.2, -0.15) is 0 Å². The third-order valence-corrected chi connectivity index (χ3v) is 5.83. The number of hydrogen-bond acceptors (Lipinski definition) is 3. The van der Waals surface area contributed by atoms with E-state index in [9.17, 15) is 9.59 Å². The summed E-state index contributed by atoms with van der Waals surface area (Å²) in [6.07, 6.45) is 2.90. The number of benzene rings is 2. The number of aryl methyl sites for hydroxylation is 2. The van der Waals surface area contributed by atoms with Crippen molar-refractivity contribution in [2.24, 2.45) is 5.41 Å². The number of rotatable bonds is 2. The molecule has 2 N–H and O–H groups in total. The Hall–Kier alpha value is -2.66. The standard InChI is InChI=1S/C21H22N2O3/c1-14-4-2-6-16(12-14)23-11-10-21(20(23)25)9-8-15-5-3-7-17(18(15)13-21)19(24)22-26/h2-7,12,26H,8-11,13H2,1H3,(H,22,24). The lowest BCUT2D eigenvalue weighted by Crippen LogP contribution is -2.39. The van der Waals surface area contributed by atoms with E-state index in [0.29, 0.717) is 18.5 Å². The van der Waals surface area contributed by atoms with Crippen LogP contribution in [0.4, 0.5) is 5.69 Å². The smallest absolute Gasteiger partial charge is 0.274 e. The van der Waals surface area contributed by atoms with Gasteiger partial charge in [-0.15, -0.1) is 0 Å². The Morgan fingerprint density at radius 3 is 2.77 bits per heavy atom. The minimum atomic E-state index is -0.514. The molecular weight excluding hydrogens is 328 g/mol. The fourth-order valence-corrected chi connectivity index (χ4v) is 4.41. The lowest BCUT2D eigenvalue weighted by Gasteiger charge is -2.34. The molecule has 2 amide bonds. The van der Waals surface area contributed by atoms with Gasteiger partial charge in [0.05, 0.1) is 5.41 Å². The summed E-state index contributed by atoms with van der Waals surface area (Å²) in [6.45, 7) is 2.72. The molecule has 1 aliphatic carbocycles. The molecule has 1 fully saturated rings. The molecule has 2 aliphatic rings. The maximum Gasteiger partial charge on any atom is 0.274 e. The summed E-state index contributed by atoms with van der Waals surface area (Å²) in [6, 6.07) is 13.6. The zero-order chi connectivity index (χ0) is 18.3. The van der Waals surface area contributed by atoms with Gasteiger partial charge in [-0.25, -0.2) is 5.48 Å². The van der Waals surface area contributed by atoms with E-state index >= 15 is 0 Å². The predicted molar refractivity (Wildman–Crippen MR) is 98.3 cm³/mol. The van der Waals surface area contributed by atoms with Crippen molar-refractivity contribution >= 4 is 17.5 Å². The van der Waals surface area contributed by atoms with Gasteiger partial charge in [-0.1, -0.05) is 24.3 Å². The maximum absolute atomic E-state index is 13.3. The largest absolute Gasteiger partial charge is 0.312 e.